The highest BCUT2D eigenvalue weighted by molar-refractivity contribution is 7.20. The first-order chi connectivity index (χ1) is 13.8. The van der Waals surface area contributed by atoms with Crippen molar-refractivity contribution < 1.29 is 9.59 Å². The topological polar surface area (TPSA) is 123 Å². The van der Waals surface area contributed by atoms with E-state index in [1.165, 1.54) is 11.3 Å². The lowest BCUT2D eigenvalue weighted by molar-refractivity contribution is -0.126. The van der Waals surface area contributed by atoms with Gasteiger partial charge in [0.15, 0.2) is 11.0 Å². The van der Waals surface area contributed by atoms with Gasteiger partial charge in [-0.2, -0.15) is 0 Å². The van der Waals surface area contributed by atoms with Crippen LogP contribution in [0.1, 0.15) is 49.3 Å². The summed E-state index contributed by atoms with van der Waals surface area (Å²) in [6, 6.07) is 7.02. The zero-order valence-electron chi connectivity index (χ0n) is 16.9. The molecule has 156 valence electrons. The van der Waals surface area contributed by atoms with Crippen LogP contribution in [0.15, 0.2) is 29.3 Å². The molecule has 1 fully saturated rings. The number of nitrogens with two attached hydrogens (primary N) is 2. The monoisotopic (exact) mass is 415 g/mol. The van der Waals surface area contributed by atoms with Gasteiger partial charge < -0.3 is 16.8 Å². The quantitative estimate of drug-likeness (QED) is 0.265. The van der Waals surface area contributed by atoms with Crippen LogP contribution >= 0.6 is 11.3 Å². The molecule has 1 aliphatic rings. The van der Waals surface area contributed by atoms with Crippen LogP contribution in [0.3, 0.4) is 0 Å². The Morgan fingerprint density at radius 1 is 1.28 bits per heavy atom. The average Bonchev–Trinajstić information content (AvgIpc) is 3.25. The van der Waals surface area contributed by atoms with Crippen molar-refractivity contribution in [1.82, 2.24) is 10.3 Å². The van der Waals surface area contributed by atoms with Crippen molar-refractivity contribution in [3.63, 3.8) is 0 Å². The van der Waals surface area contributed by atoms with Gasteiger partial charge in [-0.25, -0.2) is 4.98 Å². The second-order valence-electron chi connectivity index (χ2n) is 8.02. The van der Waals surface area contributed by atoms with Crippen LogP contribution in [-0.2, 0) is 4.79 Å². The van der Waals surface area contributed by atoms with Gasteiger partial charge in [-0.15, -0.1) is 11.3 Å². The van der Waals surface area contributed by atoms with Crippen LogP contribution in [0.2, 0.25) is 0 Å². The summed E-state index contributed by atoms with van der Waals surface area (Å²) in [7, 11) is 0. The smallest absolute Gasteiger partial charge is 0.223 e. The minimum absolute atomic E-state index is 0.0249. The Labute approximate surface area is 175 Å². The van der Waals surface area contributed by atoms with Crippen molar-refractivity contribution >= 4 is 39.2 Å². The normalized spacial score (nSPS) is 22.3. The highest BCUT2D eigenvalue weighted by Gasteiger charge is 2.36. The minimum Gasteiger partial charge on any atom is -0.370 e. The second kappa shape index (κ2) is 9.35. The summed E-state index contributed by atoms with van der Waals surface area (Å²) in [6.45, 7) is 4.69. The van der Waals surface area contributed by atoms with Gasteiger partial charge in [0.1, 0.15) is 0 Å². The first kappa shape index (κ1) is 21.2. The molecule has 1 aromatic carbocycles. The van der Waals surface area contributed by atoms with Crippen LogP contribution in [-0.4, -0.2) is 35.2 Å². The summed E-state index contributed by atoms with van der Waals surface area (Å²) in [5, 5.41) is 3.43. The van der Waals surface area contributed by atoms with E-state index in [0.29, 0.717) is 36.2 Å². The van der Waals surface area contributed by atoms with E-state index in [1.807, 2.05) is 24.3 Å². The van der Waals surface area contributed by atoms with Crippen LogP contribution in [0.5, 0.6) is 0 Å². The number of aromatic nitrogens is 1. The van der Waals surface area contributed by atoms with Crippen molar-refractivity contribution in [2.45, 2.75) is 45.6 Å². The number of fused-ring (bicyclic) bond motifs is 1. The number of para-hydroxylation sites is 1. The molecule has 0 aliphatic heterocycles. The molecule has 0 spiro atoms. The molecule has 29 heavy (non-hydrogen) atoms. The van der Waals surface area contributed by atoms with Crippen molar-refractivity contribution in [2.75, 3.05) is 6.54 Å². The molecule has 1 aliphatic carbocycles. The van der Waals surface area contributed by atoms with Crippen LogP contribution < -0.4 is 16.8 Å². The van der Waals surface area contributed by atoms with E-state index in [1.54, 1.807) is 0 Å². The molecule has 0 saturated heterocycles. The molecular formula is C21H29N5O2S. The molecule has 5 N–H and O–H groups in total. The Hall–Kier alpha value is -2.48. The number of carbonyl (C=O) groups excluding carboxylic acids is 2. The molecular weight excluding hydrogens is 386 g/mol. The van der Waals surface area contributed by atoms with E-state index in [4.69, 9.17) is 11.5 Å². The highest BCUT2D eigenvalue weighted by Crippen LogP contribution is 2.36. The number of carbonyl (C=O) groups is 2. The van der Waals surface area contributed by atoms with Gasteiger partial charge in [0, 0.05) is 12.5 Å². The first-order valence-electron chi connectivity index (χ1n) is 10.1. The summed E-state index contributed by atoms with van der Waals surface area (Å²) in [5.74, 6) is 0.641. The highest BCUT2D eigenvalue weighted by atomic mass is 32.1. The average molecular weight is 416 g/mol. The van der Waals surface area contributed by atoms with Gasteiger partial charge in [-0.1, -0.05) is 26.0 Å². The number of nitrogens with one attached hydrogen (secondary N) is 1. The van der Waals surface area contributed by atoms with E-state index in [9.17, 15) is 9.59 Å². The fourth-order valence-electron chi connectivity index (χ4n) is 4.10. The summed E-state index contributed by atoms with van der Waals surface area (Å²) in [4.78, 5) is 34.5. The summed E-state index contributed by atoms with van der Waals surface area (Å²) in [5.41, 5.74) is 11.6. The molecule has 0 radical (unpaired) electrons. The Balaban J connectivity index is 1.75. The Kier molecular flexibility index (Phi) is 6.84. The number of hydrogen-bond donors (Lipinski definition) is 3. The Morgan fingerprint density at radius 2 is 2.03 bits per heavy atom. The van der Waals surface area contributed by atoms with Crippen molar-refractivity contribution in [3.8, 4) is 0 Å². The fourth-order valence-corrected chi connectivity index (χ4v) is 5.06. The van der Waals surface area contributed by atoms with E-state index in [-0.39, 0.29) is 23.6 Å². The minimum atomic E-state index is -0.625. The number of guanidine groups is 1. The van der Waals surface area contributed by atoms with E-state index in [0.717, 1.165) is 23.1 Å². The van der Waals surface area contributed by atoms with Gasteiger partial charge in [0.05, 0.1) is 16.3 Å². The number of hydrogen-bond acceptors (Lipinski definition) is 5. The molecule has 4 atom stereocenters. The number of benzene rings is 1. The number of ketones is 1. The number of amides is 1. The van der Waals surface area contributed by atoms with Crippen molar-refractivity contribution in [2.24, 2.45) is 34.2 Å². The second-order valence-corrected chi connectivity index (χ2v) is 9.05. The summed E-state index contributed by atoms with van der Waals surface area (Å²) >= 11 is 1.36. The summed E-state index contributed by atoms with van der Waals surface area (Å²) in [6.07, 6.45) is 2.96. The third kappa shape index (κ3) is 5.32. The van der Waals surface area contributed by atoms with Crippen molar-refractivity contribution in [1.29, 1.82) is 0 Å². The molecule has 3 rings (SSSR count). The molecule has 2 aromatic rings. The number of nitrogens with zero attached hydrogens (tertiary/aromatic N) is 2. The molecule has 1 saturated carbocycles. The van der Waals surface area contributed by atoms with Gasteiger partial charge in [0.25, 0.3) is 0 Å². The van der Waals surface area contributed by atoms with E-state index in [2.05, 4.69) is 29.1 Å². The molecule has 8 heteroatoms. The molecule has 7 nitrogen and oxygen atoms in total. The maximum Gasteiger partial charge on any atom is 0.223 e. The van der Waals surface area contributed by atoms with E-state index < -0.39 is 6.04 Å². The van der Waals surface area contributed by atoms with Crippen LogP contribution in [0.4, 0.5) is 0 Å². The lowest BCUT2D eigenvalue weighted by Gasteiger charge is -2.21. The first-order valence-corrected chi connectivity index (χ1v) is 10.9. The Morgan fingerprint density at radius 3 is 2.69 bits per heavy atom. The molecule has 0 bridgehead atoms. The maximum absolute atomic E-state index is 13.2. The molecule has 1 heterocycles. The van der Waals surface area contributed by atoms with Gasteiger partial charge in [-0.3, -0.25) is 14.6 Å². The Bertz CT molecular complexity index is 872. The van der Waals surface area contributed by atoms with E-state index >= 15 is 0 Å². The fraction of sp³-hybridized carbons (Fsp3) is 0.524. The number of Topliss-reactive ketones (excluding diaryl/α,β-unsaturated/α-hetero) is 1. The van der Waals surface area contributed by atoms with Crippen LogP contribution in [0, 0.1) is 17.8 Å². The standard InChI is InChI=1S/C21H29N5O2S/c1-12-10-13(2)14(11-12)19(28)25-16(7-5-9-24-21(22)23)18(27)20-26-15-6-3-4-8-17(15)29-20/h3-4,6,8,12-14,16H,5,7,9-11H2,1-2H3,(H,25,28)(H4,22,23,24)/t12?,13?,14-,16+/m1/s1. The predicted molar refractivity (Wildman–Crippen MR) is 117 cm³/mol. The van der Waals surface area contributed by atoms with Gasteiger partial charge in [-0.05, 0) is 49.7 Å². The molecule has 1 amide bonds. The number of aliphatic imine (C=N–C) groups is 1. The third-order valence-electron chi connectivity index (χ3n) is 5.54. The lowest BCUT2D eigenvalue weighted by Crippen LogP contribution is -2.44. The summed E-state index contributed by atoms with van der Waals surface area (Å²) < 4.78 is 0.958. The number of thiazole rings is 1. The van der Waals surface area contributed by atoms with Crippen molar-refractivity contribution in [3.05, 3.63) is 29.3 Å². The SMILES string of the molecule is CC1CC(C)[C@H](C(=O)N[C@@H](CCCN=C(N)N)C(=O)c2nc3ccccc3s2)C1. The molecule has 1 aromatic heterocycles. The maximum atomic E-state index is 13.2. The number of rotatable bonds is 8. The molecule has 2 unspecified atom stereocenters. The van der Waals surface area contributed by atoms with Crippen LogP contribution in [0.25, 0.3) is 10.2 Å². The zero-order chi connectivity index (χ0) is 21.0. The van der Waals surface area contributed by atoms with Gasteiger partial charge >= 0.3 is 0 Å². The predicted octanol–water partition coefficient (Wildman–Crippen LogP) is 2.70. The zero-order valence-corrected chi connectivity index (χ0v) is 17.7. The largest absolute Gasteiger partial charge is 0.370 e. The third-order valence-corrected chi connectivity index (χ3v) is 6.59. The lowest BCUT2D eigenvalue weighted by atomic mass is 9.96. The van der Waals surface area contributed by atoms with Gasteiger partial charge in [0.2, 0.25) is 11.7 Å².